The van der Waals surface area contributed by atoms with Gasteiger partial charge in [0.2, 0.25) is 11.8 Å². The van der Waals surface area contributed by atoms with Crippen molar-refractivity contribution in [3.8, 4) is 11.8 Å². The van der Waals surface area contributed by atoms with Crippen LogP contribution in [0.25, 0.3) is 0 Å². The van der Waals surface area contributed by atoms with Crippen LogP contribution in [0.1, 0.15) is 52.9 Å². The molecule has 2 atom stereocenters. The second-order valence-electron chi connectivity index (χ2n) is 8.66. The molecule has 17 heteroatoms. The van der Waals surface area contributed by atoms with Crippen molar-refractivity contribution < 1.29 is 38.2 Å². The molecule has 0 aromatic carbocycles. The van der Waals surface area contributed by atoms with Crippen LogP contribution in [0, 0.1) is 11.8 Å². The quantitative estimate of drug-likeness (QED) is 0.0156. The van der Waals surface area contributed by atoms with E-state index in [0.29, 0.717) is 12.8 Å². The number of carbonyl (C=O) groups excluding carboxylic acids is 5. The van der Waals surface area contributed by atoms with Crippen LogP contribution in [0.5, 0.6) is 0 Å². The highest BCUT2D eigenvalue weighted by Crippen LogP contribution is 2.11. The summed E-state index contributed by atoms with van der Waals surface area (Å²) in [5, 5.41) is 4.75. The number of rotatable bonds is 18. The third kappa shape index (κ3) is 14.7. The topological polar surface area (TPSA) is 292 Å². The van der Waals surface area contributed by atoms with E-state index >= 15 is 0 Å². The Kier molecular flexibility index (Phi) is 18.1. The van der Waals surface area contributed by atoms with Crippen molar-refractivity contribution in [2.45, 2.75) is 70.5 Å². The Morgan fingerprint density at radius 3 is 1.86 bits per heavy atom. The van der Waals surface area contributed by atoms with Crippen LogP contribution in [-0.4, -0.2) is 92.2 Å². The normalized spacial score (nSPS) is 11.8. The molecule has 0 aliphatic carbocycles. The summed E-state index contributed by atoms with van der Waals surface area (Å²) in [6.45, 7) is 4.15. The first-order valence-electron chi connectivity index (χ1n) is 13.3. The molecule has 0 heterocycles. The van der Waals surface area contributed by atoms with Crippen LogP contribution in [0.15, 0.2) is 9.98 Å². The lowest BCUT2D eigenvalue weighted by Crippen LogP contribution is -2.60. The third-order valence-electron chi connectivity index (χ3n) is 5.12. The number of aliphatic imine (C=N–C) groups is 2. The predicted octanol–water partition coefficient (Wildman–Crippen LogP) is -3.16. The highest BCUT2D eigenvalue weighted by molar-refractivity contribution is 6.11. The Hall–Kier alpha value is -4.59. The number of nitrogens with two attached hydrogens (primary N) is 5. The number of hydrogen-bond donors (Lipinski definition) is 7. The number of ether oxygens (including phenoxy) is 3. The molecule has 0 bridgehead atoms. The number of hydrogen-bond acceptors (Lipinski definition) is 11. The standard InChI is InChI=1S/C25H43N9O8/c1-4-40-21(38)25(34-16(3)35,22(39)41-5-2)12-6-7-15-42-20(37)18(11-9-14-32-24(29)30)33-19(36)17(26)10-8-13-31-23(27)28/h17-18H,4-5,7-11,13-15,26H2,1-3H3,(H,33,36)(H,34,35)(H4,27,28,31)(H4,29,30,32)/t17-,18-/m0/s1. The van der Waals surface area contributed by atoms with Gasteiger partial charge in [-0.1, -0.05) is 11.8 Å². The summed E-state index contributed by atoms with van der Waals surface area (Å²) in [6, 6.07) is -2.02. The van der Waals surface area contributed by atoms with Crippen molar-refractivity contribution in [3.05, 3.63) is 0 Å². The third-order valence-corrected chi connectivity index (χ3v) is 5.12. The SMILES string of the molecule is CCOC(=O)C(C#CCCOC(=O)[C@H](CCCN=C(N)N)NC(=O)[C@@H](N)CCCN=C(N)N)(NC(C)=O)C(=O)OCC. The van der Waals surface area contributed by atoms with Crippen LogP contribution in [0.3, 0.4) is 0 Å². The van der Waals surface area contributed by atoms with Gasteiger partial charge < -0.3 is 53.5 Å². The number of amides is 2. The van der Waals surface area contributed by atoms with E-state index < -0.39 is 47.3 Å². The summed E-state index contributed by atoms with van der Waals surface area (Å²) in [5.41, 5.74) is 24.7. The van der Waals surface area contributed by atoms with Crippen LogP contribution >= 0.6 is 0 Å². The lowest BCUT2D eigenvalue weighted by molar-refractivity contribution is -0.164. The molecule has 0 spiro atoms. The maximum absolute atomic E-state index is 12.8. The minimum absolute atomic E-state index is 0.0797. The molecule has 0 aromatic heterocycles. The molecule has 0 aromatic rings. The van der Waals surface area contributed by atoms with Gasteiger partial charge in [-0.25, -0.2) is 14.4 Å². The van der Waals surface area contributed by atoms with E-state index in [-0.39, 0.29) is 64.1 Å². The monoisotopic (exact) mass is 597 g/mol. The van der Waals surface area contributed by atoms with Crippen molar-refractivity contribution in [2.24, 2.45) is 38.7 Å². The Labute approximate surface area is 244 Å². The van der Waals surface area contributed by atoms with Gasteiger partial charge in [-0.05, 0) is 39.5 Å². The van der Waals surface area contributed by atoms with Crippen molar-refractivity contribution in [2.75, 3.05) is 32.9 Å². The molecule has 0 saturated heterocycles. The molecular weight excluding hydrogens is 554 g/mol. The zero-order valence-corrected chi connectivity index (χ0v) is 24.3. The zero-order valence-electron chi connectivity index (χ0n) is 24.3. The molecule has 236 valence electrons. The molecule has 0 saturated carbocycles. The first-order chi connectivity index (χ1) is 19.8. The Balaban J connectivity index is 5.50. The molecule has 2 amide bonds. The van der Waals surface area contributed by atoms with Gasteiger partial charge in [-0.3, -0.25) is 19.6 Å². The molecule has 0 fully saturated rings. The number of nitrogens with one attached hydrogen (secondary N) is 2. The van der Waals surface area contributed by atoms with Gasteiger partial charge in [0.05, 0.1) is 19.3 Å². The maximum atomic E-state index is 12.8. The van der Waals surface area contributed by atoms with Crippen molar-refractivity contribution >= 4 is 41.6 Å². The fourth-order valence-electron chi connectivity index (χ4n) is 3.24. The lowest BCUT2D eigenvalue weighted by atomic mass is 10.00. The van der Waals surface area contributed by atoms with Crippen LogP contribution in [-0.2, 0) is 38.2 Å². The average Bonchev–Trinajstić information content (AvgIpc) is 2.91. The molecule has 0 unspecified atom stereocenters. The predicted molar refractivity (Wildman–Crippen MR) is 153 cm³/mol. The minimum atomic E-state index is -2.40. The molecule has 0 aliphatic heterocycles. The fourth-order valence-corrected chi connectivity index (χ4v) is 3.24. The van der Waals surface area contributed by atoms with Crippen molar-refractivity contribution in [3.63, 3.8) is 0 Å². The van der Waals surface area contributed by atoms with Gasteiger partial charge in [-0.2, -0.15) is 0 Å². The first kappa shape index (κ1) is 37.4. The highest BCUT2D eigenvalue weighted by atomic mass is 16.6. The number of esters is 3. The molecule has 0 radical (unpaired) electrons. The van der Waals surface area contributed by atoms with E-state index in [4.69, 9.17) is 42.9 Å². The summed E-state index contributed by atoms with van der Waals surface area (Å²) in [5.74, 6) is 0.377. The maximum Gasteiger partial charge on any atom is 0.356 e. The Bertz CT molecular complexity index is 1030. The number of nitrogens with zero attached hydrogens (tertiary/aromatic N) is 2. The van der Waals surface area contributed by atoms with Gasteiger partial charge in [-0.15, -0.1) is 0 Å². The van der Waals surface area contributed by atoms with Gasteiger partial charge in [0, 0.05) is 26.4 Å². The van der Waals surface area contributed by atoms with Gasteiger partial charge >= 0.3 is 17.9 Å². The van der Waals surface area contributed by atoms with Crippen molar-refractivity contribution in [1.82, 2.24) is 10.6 Å². The summed E-state index contributed by atoms with van der Waals surface area (Å²) >= 11 is 0. The van der Waals surface area contributed by atoms with Crippen LogP contribution in [0.2, 0.25) is 0 Å². The van der Waals surface area contributed by atoms with E-state index in [0.717, 1.165) is 6.92 Å². The highest BCUT2D eigenvalue weighted by Gasteiger charge is 2.49. The average molecular weight is 598 g/mol. The Morgan fingerprint density at radius 2 is 1.38 bits per heavy atom. The molecular formula is C25H43N9O8. The van der Waals surface area contributed by atoms with E-state index in [1.807, 2.05) is 0 Å². The van der Waals surface area contributed by atoms with Crippen molar-refractivity contribution in [1.29, 1.82) is 0 Å². The summed E-state index contributed by atoms with van der Waals surface area (Å²) in [6.07, 6.45) is 0.999. The van der Waals surface area contributed by atoms with Gasteiger partial charge in [0.1, 0.15) is 12.6 Å². The fraction of sp³-hybridized carbons (Fsp3) is 0.640. The molecule has 17 nitrogen and oxygen atoms in total. The summed E-state index contributed by atoms with van der Waals surface area (Å²) in [7, 11) is 0. The lowest BCUT2D eigenvalue weighted by Gasteiger charge is -2.24. The summed E-state index contributed by atoms with van der Waals surface area (Å²) < 4.78 is 15.1. The first-order valence-corrected chi connectivity index (χ1v) is 13.3. The Morgan fingerprint density at radius 1 is 0.857 bits per heavy atom. The van der Waals surface area contributed by atoms with E-state index in [1.165, 1.54) is 13.8 Å². The molecule has 0 rings (SSSR count). The minimum Gasteiger partial charge on any atom is -0.463 e. The van der Waals surface area contributed by atoms with Gasteiger partial charge in [0.15, 0.2) is 11.9 Å². The second kappa shape index (κ2) is 20.3. The molecule has 0 aliphatic rings. The zero-order chi connectivity index (χ0) is 32.1. The number of guanidine groups is 2. The van der Waals surface area contributed by atoms with E-state index in [2.05, 4.69) is 32.5 Å². The van der Waals surface area contributed by atoms with E-state index in [1.54, 1.807) is 0 Å². The molecule has 12 N–H and O–H groups in total. The number of carbonyl (C=O) groups is 5. The van der Waals surface area contributed by atoms with Crippen LogP contribution < -0.4 is 39.3 Å². The van der Waals surface area contributed by atoms with Crippen LogP contribution in [0.4, 0.5) is 0 Å². The largest absolute Gasteiger partial charge is 0.463 e. The second-order valence-corrected chi connectivity index (χ2v) is 8.66. The van der Waals surface area contributed by atoms with E-state index in [9.17, 15) is 24.0 Å². The molecule has 42 heavy (non-hydrogen) atoms. The van der Waals surface area contributed by atoms with Gasteiger partial charge in [0.25, 0.3) is 5.54 Å². The smallest absolute Gasteiger partial charge is 0.356 e. The summed E-state index contributed by atoms with van der Waals surface area (Å²) in [4.78, 5) is 70.0.